The van der Waals surface area contributed by atoms with Gasteiger partial charge in [-0.1, -0.05) is 44.2 Å². The summed E-state index contributed by atoms with van der Waals surface area (Å²) in [6.45, 7) is 8.50. The number of hydrogen-bond acceptors (Lipinski definition) is 5. The number of hydrogen-bond donors (Lipinski definition) is 2. The summed E-state index contributed by atoms with van der Waals surface area (Å²) < 4.78 is 31.4. The predicted octanol–water partition coefficient (Wildman–Crippen LogP) is 2.49. The molecule has 154 valence electrons. The molecular formula is C19H32N2O5S. The molecule has 0 spiro atoms. The van der Waals surface area contributed by atoms with Crippen molar-refractivity contribution in [1.82, 2.24) is 4.31 Å². The molecule has 1 atom stereocenters. The zero-order valence-corrected chi connectivity index (χ0v) is 17.6. The fraction of sp³-hybridized carbons (Fsp3) is 0.632. The molecule has 1 aromatic rings. The van der Waals surface area contributed by atoms with Crippen LogP contribution in [0, 0.1) is 5.92 Å². The van der Waals surface area contributed by atoms with E-state index in [-0.39, 0.29) is 31.9 Å². The molecule has 0 saturated heterocycles. The van der Waals surface area contributed by atoms with Crippen molar-refractivity contribution < 1.29 is 23.1 Å². The zero-order chi connectivity index (χ0) is 20.9. The summed E-state index contributed by atoms with van der Waals surface area (Å²) in [6, 6.07) is 9.12. The second-order valence-corrected chi connectivity index (χ2v) is 10.7. The molecule has 27 heavy (non-hydrogen) atoms. The lowest BCUT2D eigenvalue weighted by Crippen LogP contribution is -2.59. The molecule has 1 rings (SSSR count). The second-order valence-electron chi connectivity index (χ2n) is 8.10. The number of aliphatic hydroxyl groups is 1. The molecule has 0 heterocycles. The minimum absolute atomic E-state index is 0.0125. The fourth-order valence-corrected chi connectivity index (χ4v) is 4.45. The van der Waals surface area contributed by atoms with Crippen molar-refractivity contribution >= 4 is 16.1 Å². The summed E-state index contributed by atoms with van der Waals surface area (Å²) >= 11 is 0. The molecule has 0 radical (unpaired) electrons. The average Bonchev–Trinajstić information content (AvgIpc) is 2.51. The Morgan fingerprint density at radius 1 is 1.22 bits per heavy atom. The molecule has 0 saturated carbocycles. The van der Waals surface area contributed by atoms with E-state index in [1.165, 1.54) is 0 Å². The summed E-state index contributed by atoms with van der Waals surface area (Å²) in [4.78, 5) is 10.9. The number of nitrogens with two attached hydrogens (primary N) is 1. The number of carbonyl (C=O) groups excluding carboxylic acids is 1. The van der Waals surface area contributed by atoms with Crippen molar-refractivity contribution in [2.75, 3.05) is 13.2 Å². The first kappa shape index (κ1) is 23.4. The van der Waals surface area contributed by atoms with Gasteiger partial charge in [0.05, 0.1) is 11.4 Å². The van der Waals surface area contributed by atoms with Gasteiger partial charge in [-0.2, -0.15) is 4.31 Å². The minimum Gasteiger partial charge on any atom is -0.450 e. The maximum atomic E-state index is 13.3. The minimum atomic E-state index is -3.85. The number of ether oxygens (including phenoxy) is 1. The quantitative estimate of drug-likeness (QED) is 0.619. The normalized spacial score (nSPS) is 15.0. The molecule has 0 bridgehead atoms. The van der Waals surface area contributed by atoms with Gasteiger partial charge in [-0.3, -0.25) is 0 Å². The molecule has 0 aromatic heterocycles. The van der Waals surface area contributed by atoms with Crippen LogP contribution in [0.5, 0.6) is 0 Å². The lowest BCUT2D eigenvalue weighted by atomic mass is 9.99. The highest BCUT2D eigenvalue weighted by molar-refractivity contribution is 7.90. The van der Waals surface area contributed by atoms with Crippen LogP contribution in [0.25, 0.3) is 0 Å². The van der Waals surface area contributed by atoms with Crippen LogP contribution in [0.4, 0.5) is 4.79 Å². The van der Waals surface area contributed by atoms with Crippen molar-refractivity contribution in [2.45, 2.75) is 57.9 Å². The zero-order valence-electron chi connectivity index (χ0n) is 16.8. The van der Waals surface area contributed by atoms with Crippen LogP contribution < -0.4 is 5.73 Å². The highest BCUT2D eigenvalue weighted by Crippen LogP contribution is 2.32. The van der Waals surface area contributed by atoms with Crippen molar-refractivity contribution in [1.29, 1.82) is 0 Å². The Morgan fingerprint density at radius 2 is 1.78 bits per heavy atom. The third-order valence-electron chi connectivity index (χ3n) is 4.14. The number of primary amides is 1. The van der Waals surface area contributed by atoms with Crippen LogP contribution >= 0.6 is 0 Å². The summed E-state index contributed by atoms with van der Waals surface area (Å²) in [5.41, 5.74) is 4.03. The van der Waals surface area contributed by atoms with Crippen LogP contribution in [-0.2, 0) is 21.2 Å². The van der Waals surface area contributed by atoms with E-state index in [0.717, 1.165) is 9.87 Å². The molecule has 7 nitrogen and oxygen atoms in total. The molecule has 1 amide bonds. The first-order valence-electron chi connectivity index (χ1n) is 9.00. The van der Waals surface area contributed by atoms with Crippen LogP contribution in [0.3, 0.4) is 0 Å². The summed E-state index contributed by atoms with van der Waals surface area (Å²) in [7, 11) is -3.85. The van der Waals surface area contributed by atoms with Crippen molar-refractivity contribution in [3.8, 4) is 0 Å². The highest BCUT2D eigenvalue weighted by atomic mass is 32.2. The molecule has 1 unspecified atom stereocenters. The van der Waals surface area contributed by atoms with E-state index in [9.17, 15) is 18.3 Å². The summed E-state index contributed by atoms with van der Waals surface area (Å²) in [6.07, 6.45) is -0.989. The van der Waals surface area contributed by atoms with Gasteiger partial charge >= 0.3 is 6.09 Å². The monoisotopic (exact) mass is 400 g/mol. The first-order valence-corrected chi connectivity index (χ1v) is 10.4. The lowest BCUT2D eigenvalue weighted by molar-refractivity contribution is -0.0809. The first-order chi connectivity index (χ1) is 12.3. The second kappa shape index (κ2) is 9.03. The molecule has 1 aromatic carbocycles. The largest absolute Gasteiger partial charge is 0.450 e. The molecule has 8 heteroatoms. The van der Waals surface area contributed by atoms with Crippen molar-refractivity contribution in [2.24, 2.45) is 11.7 Å². The number of nitrogens with zero attached hydrogens (tertiary/aromatic N) is 1. The molecule has 3 N–H and O–H groups in total. The topological polar surface area (TPSA) is 110 Å². The van der Waals surface area contributed by atoms with Crippen molar-refractivity contribution in [3.05, 3.63) is 35.9 Å². The Balaban J connectivity index is 3.37. The SMILES string of the molecule is CC(C)CN(C(O)(CCOC(N)=O)Cc1ccccc1)S(=O)(=O)C(C)(C)C. The smallest absolute Gasteiger partial charge is 0.404 e. The molecular weight excluding hydrogens is 368 g/mol. The van der Waals surface area contributed by atoms with E-state index in [4.69, 9.17) is 10.5 Å². The van der Waals surface area contributed by atoms with Gasteiger partial charge < -0.3 is 15.6 Å². The van der Waals surface area contributed by atoms with Crippen LogP contribution in [0.1, 0.15) is 46.6 Å². The van der Waals surface area contributed by atoms with Gasteiger partial charge in [0, 0.05) is 19.4 Å². The van der Waals surface area contributed by atoms with E-state index in [1.54, 1.807) is 20.8 Å². The Hall–Kier alpha value is -1.64. The average molecular weight is 401 g/mol. The third-order valence-corrected chi connectivity index (χ3v) is 6.75. The van der Waals surface area contributed by atoms with Gasteiger partial charge in [0.1, 0.15) is 5.72 Å². The van der Waals surface area contributed by atoms with E-state index in [0.29, 0.717) is 0 Å². The molecule has 0 aliphatic carbocycles. The van der Waals surface area contributed by atoms with Gasteiger partial charge in [-0.05, 0) is 32.3 Å². The maximum absolute atomic E-state index is 13.3. The number of amides is 1. The molecule has 0 fully saturated rings. The van der Waals surface area contributed by atoms with Gasteiger partial charge in [-0.25, -0.2) is 13.2 Å². The Morgan fingerprint density at radius 3 is 2.22 bits per heavy atom. The van der Waals surface area contributed by atoms with Crippen LogP contribution in [0.15, 0.2) is 30.3 Å². The van der Waals surface area contributed by atoms with E-state index in [1.807, 2.05) is 44.2 Å². The standard InChI is InChI=1S/C19H32N2O5S/c1-15(2)14-21(27(24,25)18(3,4)5)19(23,11-12-26-17(20)22)13-16-9-7-6-8-10-16/h6-10,15,23H,11-14H2,1-5H3,(H2,20,22). The Labute approximate surface area is 162 Å². The van der Waals surface area contributed by atoms with Crippen molar-refractivity contribution in [3.63, 3.8) is 0 Å². The van der Waals surface area contributed by atoms with Gasteiger partial charge in [0.15, 0.2) is 0 Å². The molecule has 0 aliphatic rings. The predicted molar refractivity (Wildman–Crippen MR) is 105 cm³/mol. The van der Waals surface area contributed by atoms with E-state index >= 15 is 0 Å². The Kier molecular flexibility index (Phi) is 7.83. The maximum Gasteiger partial charge on any atom is 0.404 e. The highest BCUT2D eigenvalue weighted by Gasteiger charge is 2.47. The summed E-state index contributed by atoms with van der Waals surface area (Å²) in [5, 5.41) is 11.5. The molecule has 0 aliphatic heterocycles. The summed E-state index contributed by atoms with van der Waals surface area (Å²) in [5.74, 6) is -0.0125. The number of sulfonamides is 1. The lowest BCUT2D eigenvalue weighted by Gasteiger charge is -2.43. The van der Waals surface area contributed by atoms with Gasteiger partial charge in [0.2, 0.25) is 10.0 Å². The Bertz CT molecular complexity index is 713. The number of carbonyl (C=O) groups is 1. The number of benzene rings is 1. The fourth-order valence-electron chi connectivity index (χ4n) is 2.69. The van der Waals surface area contributed by atoms with E-state index < -0.39 is 26.6 Å². The van der Waals surface area contributed by atoms with Crippen LogP contribution in [-0.4, -0.2) is 47.5 Å². The van der Waals surface area contributed by atoms with Gasteiger partial charge in [0.25, 0.3) is 0 Å². The van der Waals surface area contributed by atoms with Gasteiger partial charge in [-0.15, -0.1) is 0 Å². The number of rotatable bonds is 9. The van der Waals surface area contributed by atoms with Crippen LogP contribution in [0.2, 0.25) is 0 Å². The third kappa shape index (κ3) is 6.48. The van der Waals surface area contributed by atoms with E-state index in [2.05, 4.69) is 0 Å².